The molecule has 0 aromatic heterocycles. The fourth-order valence-electron chi connectivity index (χ4n) is 3.39. The van der Waals surface area contributed by atoms with Crippen molar-refractivity contribution >= 4 is 23.2 Å². The first-order valence-corrected chi connectivity index (χ1v) is 8.74. The first kappa shape index (κ1) is 16.7. The lowest BCUT2D eigenvalue weighted by atomic mass is 10.0. The summed E-state index contributed by atoms with van der Waals surface area (Å²) in [6.07, 6.45) is 1.99. The van der Waals surface area contributed by atoms with Crippen LogP contribution < -0.4 is 15.5 Å². The minimum Gasteiger partial charge on any atom is -0.313 e. The van der Waals surface area contributed by atoms with Gasteiger partial charge in [-0.25, -0.2) is 0 Å². The predicted molar refractivity (Wildman–Crippen MR) is 94.1 cm³/mol. The van der Waals surface area contributed by atoms with Crippen molar-refractivity contribution < 1.29 is 4.79 Å². The SMILES string of the molecule is CN1CCC(N(C(=O)C2CNCCN2)c2cccc(Cl)c2)CC1. The molecule has 2 saturated heterocycles. The fourth-order valence-corrected chi connectivity index (χ4v) is 3.58. The first-order chi connectivity index (χ1) is 11.1. The number of carbonyl (C=O) groups excluding carboxylic acids is 1. The van der Waals surface area contributed by atoms with Gasteiger partial charge in [0.2, 0.25) is 5.91 Å². The molecule has 1 amide bonds. The molecule has 3 rings (SSSR count). The molecule has 1 atom stereocenters. The number of piperidine rings is 1. The minimum atomic E-state index is -0.164. The lowest BCUT2D eigenvalue weighted by Gasteiger charge is -2.39. The van der Waals surface area contributed by atoms with Gasteiger partial charge in [0.1, 0.15) is 0 Å². The summed E-state index contributed by atoms with van der Waals surface area (Å²) >= 11 is 6.17. The Hall–Kier alpha value is -1.14. The molecule has 1 aromatic carbocycles. The van der Waals surface area contributed by atoms with E-state index in [4.69, 9.17) is 11.6 Å². The van der Waals surface area contributed by atoms with Gasteiger partial charge in [0.05, 0.1) is 6.04 Å². The highest BCUT2D eigenvalue weighted by Gasteiger charge is 2.33. The number of hydrogen-bond donors (Lipinski definition) is 2. The van der Waals surface area contributed by atoms with Gasteiger partial charge in [-0.2, -0.15) is 0 Å². The Kier molecular flexibility index (Phi) is 5.54. The van der Waals surface area contributed by atoms with E-state index in [1.54, 1.807) is 0 Å². The summed E-state index contributed by atoms with van der Waals surface area (Å²) in [4.78, 5) is 17.5. The van der Waals surface area contributed by atoms with Crippen molar-refractivity contribution in [3.8, 4) is 0 Å². The maximum Gasteiger partial charge on any atom is 0.245 e. The third-order valence-electron chi connectivity index (χ3n) is 4.72. The number of anilines is 1. The van der Waals surface area contributed by atoms with Crippen molar-refractivity contribution in [3.05, 3.63) is 29.3 Å². The molecule has 0 saturated carbocycles. The van der Waals surface area contributed by atoms with Gasteiger partial charge in [-0.1, -0.05) is 17.7 Å². The van der Waals surface area contributed by atoms with Gasteiger partial charge in [0.25, 0.3) is 0 Å². The maximum absolute atomic E-state index is 13.2. The normalized spacial score (nSPS) is 23.7. The Labute approximate surface area is 143 Å². The van der Waals surface area contributed by atoms with Crippen molar-refractivity contribution in [3.63, 3.8) is 0 Å². The number of halogens is 1. The molecule has 1 unspecified atom stereocenters. The van der Waals surface area contributed by atoms with Crippen molar-refractivity contribution in [2.75, 3.05) is 44.7 Å². The molecule has 6 heteroatoms. The van der Waals surface area contributed by atoms with Crippen molar-refractivity contribution in [2.24, 2.45) is 0 Å². The van der Waals surface area contributed by atoms with E-state index < -0.39 is 0 Å². The van der Waals surface area contributed by atoms with Crippen LogP contribution in [0.1, 0.15) is 12.8 Å². The Balaban J connectivity index is 1.84. The molecular formula is C17H25ClN4O. The highest BCUT2D eigenvalue weighted by atomic mass is 35.5. The smallest absolute Gasteiger partial charge is 0.245 e. The second-order valence-corrected chi connectivity index (χ2v) is 6.87. The summed E-state index contributed by atoms with van der Waals surface area (Å²) in [5.74, 6) is 0.147. The van der Waals surface area contributed by atoms with Crippen molar-refractivity contribution in [2.45, 2.75) is 24.9 Å². The molecule has 0 spiro atoms. The molecule has 1 aromatic rings. The van der Waals surface area contributed by atoms with Crippen LogP contribution in [0.3, 0.4) is 0 Å². The number of likely N-dealkylation sites (tertiary alicyclic amines) is 1. The number of piperazine rings is 1. The average molecular weight is 337 g/mol. The molecule has 2 aliphatic rings. The van der Waals surface area contributed by atoms with E-state index in [2.05, 4.69) is 22.6 Å². The number of amides is 1. The number of nitrogens with zero attached hydrogens (tertiary/aromatic N) is 2. The van der Waals surface area contributed by atoms with Crippen LogP contribution in [0.4, 0.5) is 5.69 Å². The number of rotatable bonds is 3. The number of nitrogens with one attached hydrogen (secondary N) is 2. The third-order valence-corrected chi connectivity index (χ3v) is 4.95. The molecule has 0 aliphatic carbocycles. The van der Waals surface area contributed by atoms with Gasteiger partial charge < -0.3 is 20.4 Å². The largest absolute Gasteiger partial charge is 0.313 e. The van der Waals surface area contributed by atoms with Gasteiger partial charge in [0, 0.05) is 36.4 Å². The van der Waals surface area contributed by atoms with Gasteiger partial charge in [-0.3, -0.25) is 4.79 Å². The topological polar surface area (TPSA) is 47.6 Å². The fraction of sp³-hybridized carbons (Fsp3) is 0.588. The summed E-state index contributed by atoms with van der Waals surface area (Å²) in [7, 11) is 2.13. The van der Waals surface area contributed by atoms with Gasteiger partial charge in [-0.05, 0) is 51.2 Å². The molecule has 2 fully saturated rings. The van der Waals surface area contributed by atoms with E-state index in [9.17, 15) is 4.79 Å². The van der Waals surface area contributed by atoms with E-state index in [0.717, 1.165) is 44.7 Å². The van der Waals surface area contributed by atoms with Crippen LogP contribution in [0.25, 0.3) is 0 Å². The molecule has 0 radical (unpaired) electrons. The quantitative estimate of drug-likeness (QED) is 0.874. The van der Waals surface area contributed by atoms with Crippen LogP contribution in [0.5, 0.6) is 0 Å². The van der Waals surface area contributed by atoms with Crippen LogP contribution >= 0.6 is 11.6 Å². The van der Waals surface area contributed by atoms with Crippen molar-refractivity contribution in [1.82, 2.24) is 15.5 Å². The van der Waals surface area contributed by atoms with Crippen LogP contribution in [0, 0.1) is 0 Å². The van der Waals surface area contributed by atoms with Crippen LogP contribution in [-0.4, -0.2) is 62.7 Å². The van der Waals surface area contributed by atoms with Crippen LogP contribution in [-0.2, 0) is 4.79 Å². The Morgan fingerprint density at radius 1 is 1.30 bits per heavy atom. The molecule has 0 bridgehead atoms. The molecule has 23 heavy (non-hydrogen) atoms. The Morgan fingerprint density at radius 3 is 2.74 bits per heavy atom. The lowest BCUT2D eigenvalue weighted by molar-refractivity contribution is -0.121. The van der Waals surface area contributed by atoms with Crippen molar-refractivity contribution in [1.29, 1.82) is 0 Å². The number of hydrogen-bond acceptors (Lipinski definition) is 4. The van der Waals surface area contributed by atoms with E-state index in [1.807, 2.05) is 29.2 Å². The summed E-state index contributed by atoms with van der Waals surface area (Å²) < 4.78 is 0. The standard InChI is InChI=1S/C17H25ClN4O/c1-21-9-5-14(6-10-21)22(15-4-2-3-13(18)11-15)17(23)16-12-19-7-8-20-16/h2-4,11,14,16,19-20H,5-10,12H2,1H3. The zero-order valence-corrected chi connectivity index (χ0v) is 14.4. The lowest BCUT2D eigenvalue weighted by Crippen LogP contribution is -2.59. The maximum atomic E-state index is 13.2. The van der Waals surface area contributed by atoms with E-state index >= 15 is 0 Å². The van der Waals surface area contributed by atoms with Gasteiger partial charge >= 0.3 is 0 Å². The number of benzene rings is 1. The monoisotopic (exact) mass is 336 g/mol. The zero-order valence-electron chi connectivity index (χ0n) is 13.6. The molecule has 2 aliphatic heterocycles. The summed E-state index contributed by atoms with van der Waals surface area (Å²) in [5.41, 5.74) is 0.907. The van der Waals surface area contributed by atoms with Gasteiger partial charge in [-0.15, -0.1) is 0 Å². The average Bonchev–Trinajstić information content (AvgIpc) is 2.58. The summed E-state index contributed by atoms with van der Waals surface area (Å²) in [6.45, 7) is 4.46. The second-order valence-electron chi connectivity index (χ2n) is 6.43. The minimum absolute atomic E-state index is 0.147. The Bertz CT molecular complexity index is 539. The second kappa shape index (κ2) is 7.62. The molecular weight excluding hydrogens is 312 g/mol. The van der Waals surface area contributed by atoms with E-state index in [0.29, 0.717) is 11.6 Å². The molecule has 126 valence electrons. The molecule has 2 N–H and O–H groups in total. The predicted octanol–water partition coefficient (Wildman–Crippen LogP) is 1.33. The highest BCUT2D eigenvalue weighted by Crippen LogP contribution is 2.26. The summed E-state index contributed by atoms with van der Waals surface area (Å²) in [6, 6.07) is 7.72. The first-order valence-electron chi connectivity index (χ1n) is 8.36. The Morgan fingerprint density at radius 2 is 2.09 bits per heavy atom. The highest BCUT2D eigenvalue weighted by molar-refractivity contribution is 6.30. The summed E-state index contributed by atoms with van der Waals surface area (Å²) in [5, 5.41) is 7.30. The van der Waals surface area contributed by atoms with Crippen LogP contribution in [0.2, 0.25) is 5.02 Å². The zero-order chi connectivity index (χ0) is 16.2. The van der Waals surface area contributed by atoms with E-state index in [1.165, 1.54) is 0 Å². The number of carbonyl (C=O) groups is 1. The van der Waals surface area contributed by atoms with E-state index in [-0.39, 0.29) is 18.0 Å². The van der Waals surface area contributed by atoms with Crippen LogP contribution in [0.15, 0.2) is 24.3 Å². The molecule has 2 heterocycles. The van der Waals surface area contributed by atoms with Gasteiger partial charge in [0.15, 0.2) is 0 Å². The third kappa shape index (κ3) is 4.04. The molecule has 5 nitrogen and oxygen atoms in total.